The van der Waals surface area contributed by atoms with E-state index in [0.717, 1.165) is 24.8 Å². The van der Waals surface area contributed by atoms with Crippen LogP contribution in [-0.4, -0.2) is 15.6 Å². The van der Waals surface area contributed by atoms with Crippen LogP contribution >= 0.6 is 0 Å². The zero-order valence-electron chi connectivity index (χ0n) is 11.0. The summed E-state index contributed by atoms with van der Waals surface area (Å²) in [5.74, 6) is 1.94. The molecule has 1 aromatic heterocycles. The minimum Gasteiger partial charge on any atom is -0.334 e. The Morgan fingerprint density at radius 2 is 2.06 bits per heavy atom. The standard InChI is InChI=1S/C13H25N3/c1-11(2)6-5-8-16-9-7-14-13(16)10-15-12(3)4/h7,9,11-12,15H,5-6,8,10H2,1-4H3. The Bertz CT molecular complexity index is 289. The Morgan fingerprint density at radius 3 is 2.69 bits per heavy atom. The van der Waals surface area contributed by atoms with Crippen LogP contribution in [0.2, 0.25) is 0 Å². The maximum atomic E-state index is 4.39. The summed E-state index contributed by atoms with van der Waals surface area (Å²) in [5, 5.41) is 3.40. The topological polar surface area (TPSA) is 29.9 Å². The third-order valence-electron chi connectivity index (χ3n) is 2.65. The van der Waals surface area contributed by atoms with E-state index in [-0.39, 0.29) is 0 Å². The third-order valence-corrected chi connectivity index (χ3v) is 2.65. The summed E-state index contributed by atoms with van der Waals surface area (Å²) >= 11 is 0. The molecule has 0 fully saturated rings. The van der Waals surface area contributed by atoms with E-state index in [2.05, 4.69) is 48.8 Å². The van der Waals surface area contributed by atoms with Gasteiger partial charge in [-0.05, 0) is 18.8 Å². The van der Waals surface area contributed by atoms with E-state index in [1.165, 1.54) is 12.8 Å². The minimum atomic E-state index is 0.515. The number of nitrogens with one attached hydrogen (secondary N) is 1. The van der Waals surface area contributed by atoms with Gasteiger partial charge in [-0.15, -0.1) is 0 Å². The number of imidazole rings is 1. The van der Waals surface area contributed by atoms with Gasteiger partial charge in [-0.25, -0.2) is 4.98 Å². The van der Waals surface area contributed by atoms with Gasteiger partial charge < -0.3 is 9.88 Å². The van der Waals surface area contributed by atoms with Crippen LogP contribution < -0.4 is 5.32 Å². The molecule has 1 heterocycles. The quantitative estimate of drug-likeness (QED) is 0.770. The zero-order valence-corrected chi connectivity index (χ0v) is 11.0. The molecule has 0 bridgehead atoms. The second-order valence-electron chi connectivity index (χ2n) is 5.11. The lowest BCUT2D eigenvalue weighted by Gasteiger charge is -2.11. The first-order valence-electron chi connectivity index (χ1n) is 6.33. The highest BCUT2D eigenvalue weighted by molar-refractivity contribution is 4.92. The van der Waals surface area contributed by atoms with Gasteiger partial charge in [0, 0.05) is 25.0 Å². The second-order valence-corrected chi connectivity index (χ2v) is 5.11. The summed E-state index contributed by atoms with van der Waals surface area (Å²) in [5.41, 5.74) is 0. The van der Waals surface area contributed by atoms with Crippen LogP contribution in [0.1, 0.15) is 46.4 Å². The Hall–Kier alpha value is -0.830. The van der Waals surface area contributed by atoms with Crippen molar-refractivity contribution in [2.45, 2.75) is 59.7 Å². The number of aromatic nitrogens is 2. The molecule has 1 rings (SSSR count). The highest BCUT2D eigenvalue weighted by Crippen LogP contribution is 2.07. The summed E-state index contributed by atoms with van der Waals surface area (Å²) in [6, 6.07) is 0.515. The number of hydrogen-bond donors (Lipinski definition) is 1. The van der Waals surface area contributed by atoms with Crippen LogP contribution in [-0.2, 0) is 13.1 Å². The SMILES string of the molecule is CC(C)CCCn1ccnc1CNC(C)C. The average Bonchev–Trinajstić information content (AvgIpc) is 2.62. The molecular formula is C13H25N3. The van der Waals surface area contributed by atoms with Gasteiger partial charge >= 0.3 is 0 Å². The summed E-state index contributed by atoms with van der Waals surface area (Å²) in [6.45, 7) is 10.8. The zero-order chi connectivity index (χ0) is 12.0. The van der Waals surface area contributed by atoms with Crippen molar-refractivity contribution in [3.8, 4) is 0 Å². The molecule has 0 aliphatic heterocycles. The lowest BCUT2D eigenvalue weighted by Crippen LogP contribution is -2.24. The molecule has 0 atom stereocenters. The van der Waals surface area contributed by atoms with E-state index in [9.17, 15) is 0 Å². The van der Waals surface area contributed by atoms with E-state index in [1.807, 2.05) is 6.20 Å². The maximum Gasteiger partial charge on any atom is 0.122 e. The fourth-order valence-corrected chi connectivity index (χ4v) is 1.68. The average molecular weight is 223 g/mol. The highest BCUT2D eigenvalue weighted by Gasteiger charge is 2.03. The fourth-order valence-electron chi connectivity index (χ4n) is 1.68. The van der Waals surface area contributed by atoms with Gasteiger partial charge in [0.25, 0.3) is 0 Å². The molecule has 16 heavy (non-hydrogen) atoms. The molecule has 0 saturated carbocycles. The Labute approximate surface area is 99.3 Å². The smallest absolute Gasteiger partial charge is 0.122 e. The van der Waals surface area contributed by atoms with Crippen molar-refractivity contribution in [1.82, 2.24) is 14.9 Å². The Morgan fingerprint density at radius 1 is 1.31 bits per heavy atom. The van der Waals surface area contributed by atoms with Gasteiger partial charge in [0.1, 0.15) is 5.82 Å². The molecule has 1 N–H and O–H groups in total. The van der Waals surface area contributed by atoms with Crippen LogP contribution in [0, 0.1) is 5.92 Å². The molecule has 92 valence electrons. The Balaban J connectivity index is 2.38. The summed E-state index contributed by atoms with van der Waals surface area (Å²) in [4.78, 5) is 4.39. The largest absolute Gasteiger partial charge is 0.334 e. The number of aryl methyl sites for hydroxylation is 1. The van der Waals surface area contributed by atoms with Crippen LogP contribution in [0.25, 0.3) is 0 Å². The van der Waals surface area contributed by atoms with Crippen LogP contribution in [0.4, 0.5) is 0 Å². The lowest BCUT2D eigenvalue weighted by molar-refractivity contribution is 0.490. The third kappa shape index (κ3) is 4.79. The van der Waals surface area contributed by atoms with Crippen molar-refractivity contribution >= 4 is 0 Å². The molecular weight excluding hydrogens is 198 g/mol. The number of hydrogen-bond acceptors (Lipinski definition) is 2. The first-order valence-corrected chi connectivity index (χ1v) is 6.33. The normalized spacial score (nSPS) is 11.6. The second kappa shape index (κ2) is 6.69. The van der Waals surface area contributed by atoms with Gasteiger partial charge in [-0.2, -0.15) is 0 Å². The van der Waals surface area contributed by atoms with Gasteiger partial charge in [-0.3, -0.25) is 0 Å². The Kier molecular flexibility index (Phi) is 5.53. The molecule has 0 saturated heterocycles. The monoisotopic (exact) mass is 223 g/mol. The van der Waals surface area contributed by atoms with Crippen LogP contribution in [0.5, 0.6) is 0 Å². The van der Waals surface area contributed by atoms with Crippen LogP contribution in [0.3, 0.4) is 0 Å². The van der Waals surface area contributed by atoms with Crippen molar-refractivity contribution in [3.63, 3.8) is 0 Å². The number of nitrogens with zero attached hydrogens (tertiary/aromatic N) is 2. The maximum absolute atomic E-state index is 4.39. The molecule has 0 radical (unpaired) electrons. The predicted octanol–water partition coefficient (Wildman–Crippen LogP) is 2.82. The molecule has 0 spiro atoms. The molecule has 3 heteroatoms. The van der Waals surface area contributed by atoms with Crippen molar-refractivity contribution in [2.24, 2.45) is 5.92 Å². The summed E-state index contributed by atoms with van der Waals surface area (Å²) in [7, 11) is 0. The van der Waals surface area contributed by atoms with E-state index in [0.29, 0.717) is 6.04 Å². The van der Waals surface area contributed by atoms with E-state index in [4.69, 9.17) is 0 Å². The highest BCUT2D eigenvalue weighted by atomic mass is 15.1. The van der Waals surface area contributed by atoms with Crippen LogP contribution in [0.15, 0.2) is 12.4 Å². The van der Waals surface area contributed by atoms with Gasteiger partial charge in [-0.1, -0.05) is 27.7 Å². The van der Waals surface area contributed by atoms with Crippen molar-refractivity contribution in [1.29, 1.82) is 0 Å². The van der Waals surface area contributed by atoms with Gasteiger partial charge in [0.05, 0.1) is 6.54 Å². The van der Waals surface area contributed by atoms with E-state index >= 15 is 0 Å². The molecule has 0 aromatic carbocycles. The van der Waals surface area contributed by atoms with Crippen molar-refractivity contribution < 1.29 is 0 Å². The predicted molar refractivity (Wildman–Crippen MR) is 68.3 cm³/mol. The lowest BCUT2D eigenvalue weighted by atomic mass is 10.1. The van der Waals surface area contributed by atoms with E-state index in [1.54, 1.807) is 0 Å². The molecule has 1 aromatic rings. The fraction of sp³-hybridized carbons (Fsp3) is 0.769. The molecule has 0 amide bonds. The molecule has 0 unspecified atom stereocenters. The van der Waals surface area contributed by atoms with E-state index < -0.39 is 0 Å². The summed E-state index contributed by atoms with van der Waals surface area (Å²) < 4.78 is 2.26. The minimum absolute atomic E-state index is 0.515. The van der Waals surface area contributed by atoms with Gasteiger partial charge in [0.15, 0.2) is 0 Å². The summed E-state index contributed by atoms with van der Waals surface area (Å²) in [6.07, 6.45) is 6.50. The molecule has 0 aliphatic carbocycles. The first kappa shape index (κ1) is 13.2. The number of rotatable bonds is 7. The van der Waals surface area contributed by atoms with Crippen molar-refractivity contribution in [2.75, 3.05) is 0 Å². The molecule has 3 nitrogen and oxygen atoms in total. The van der Waals surface area contributed by atoms with Gasteiger partial charge in [0.2, 0.25) is 0 Å². The first-order chi connectivity index (χ1) is 7.59. The van der Waals surface area contributed by atoms with Crippen molar-refractivity contribution in [3.05, 3.63) is 18.2 Å². The molecule has 0 aliphatic rings.